The Morgan fingerprint density at radius 3 is 2.28 bits per heavy atom. The van der Waals surface area contributed by atoms with Crippen molar-refractivity contribution in [1.82, 2.24) is 13.8 Å². The number of benzene rings is 2. The van der Waals surface area contributed by atoms with Gasteiger partial charge in [0.25, 0.3) is 5.91 Å². The number of amides is 1. The van der Waals surface area contributed by atoms with Gasteiger partial charge < -0.3 is 14.8 Å². The summed E-state index contributed by atoms with van der Waals surface area (Å²) in [5.41, 5.74) is 3.77. The van der Waals surface area contributed by atoms with E-state index in [-0.39, 0.29) is 10.8 Å². The highest BCUT2D eigenvalue weighted by Crippen LogP contribution is 2.24. The molecule has 2 aromatic carbocycles. The van der Waals surface area contributed by atoms with Crippen LogP contribution in [0.1, 0.15) is 21.7 Å². The lowest BCUT2D eigenvalue weighted by Gasteiger charge is -2.31. The summed E-state index contributed by atoms with van der Waals surface area (Å²) in [6.07, 6.45) is 0. The number of para-hydroxylation sites is 1. The zero-order valence-corrected chi connectivity index (χ0v) is 19.4. The van der Waals surface area contributed by atoms with E-state index in [4.69, 9.17) is 0 Å². The number of hydrogen-bond donors (Lipinski definition) is 1. The molecule has 32 heavy (non-hydrogen) atoms. The Bertz CT molecular complexity index is 1230. The number of nitrogens with one attached hydrogen (secondary N) is 1. The standard InChI is InChI=1S/C24H28N4O3S/c1-18-16-23(19(2)28(18)21-9-5-4-6-10-21)24(29)25-20-8-7-11-22(17-20)32(30,31)27-14-12-26(3)13-15-27/h4-11,16-17H,12-15H2,1-3H3,(H,25,29). The van der Waals surface area contributed by atoms with Crippen molar-refractivity contribution in [2.45, 2.75) is 18.7 Å². The molecule has 0 aliphatic carbocycles. The summed E-state index contributed by atoms with van der Waals surface area (Å²) in [5, 5.41) is 2.87. The Balaban J connectivity index is 1.56. The Morgan fingerprint density at radius 1 is 0.906 bits per heavy atom. The van der Waals surface area contributed by atoms with Crippen LogP contribution in [-0.2, 0) is 10.0 Å². The lowest BCUT2D eigenvalue weighted by atomic mass is 10.2. The summed E-state index contributed by atoms with van der Waals surface area (Å²) in [5.74, 6) is -0.269. The molecule has 0 saturated carbocycles. The van der Waals surface area contributed by atoms with Gasteiger partial charge in [0.15, 0.2) is 0 Å². The van der Waals surface area contributed by atoms with Crippen LogP contribution in [0.3, 0.4) is 0 Å². The summed E-state index contributed by atoms with van der Waals surface area (Å²) in [4.78, 5) is 15.3. The number of aryl methyl sites for hydroxylation is 1. The first kappa shape index (κ1) is 22.3. The molecule has 1 amide bonds. The van der Waals surface area contributed by atoms with Gasteiger partial charge in [-0.25, -0.2) is 8.42 Å². The predicted octanol–water partition coefficient (Wildman–Crippen LogP) is 3.28. The number of carbonyl (C=O) groups excluding carboxylic acids is 1. The van der Waals surface area contributed by atoms with Gasteiger partial charge in [-0.15, -0.1) is 0 Å². The number of aromatic nitrogens is 1. The largest absolute Gasteiger partial charge is 0.322 e. The van der Waals surface area contributed by atoms with E-state index in [0.29, 0.717) is 37.4 Å². The average Bonchev–Trinajstić information content (AvgIpc) is 3.09. The second kappa shape index (κ2) is 8.90. The third-order valence-electron chi connectivity index (χ3n) is 5.88. The quantitative estimate of drug-likeness (QED) is 0.645. The highest BCUT2D eigenvalue weighted by atomic mass is 32.2. The third kappa shape index (κ3) is 4.34. The van der Waals surface area contributed by atoms with Crippen molar-refractivity contribution in [3.05, 3.63) is 77.6 Å². The molecule has 1 N–H and O–H groups in total. The molecule has 0 atom stereocenters. The minimum atomic E-state index is -3.60. The highest BCUT2D eigenvalue weighted by molar-refractivity contribution is 7.89. The van der Waals surface area contributed by atoms with Crippen molar-refractivity contribution in [2.24, 2.45) is 0 Å². The fourth-order valence-electron chi connectivity index (χ4n) is 4.08. The molecule has 2 heterocycles. The molecule has 1 fully saturated rings. The van der Waals surface area contributed by atoms with Gasteiger partial charge >= 0.3 is 0 Å². The van der Waals surface area contributed by atoms with E-state index in [1.54, 1.807) is 18.2 Å². The van der Waals surface area contributed by atoms with E-state index >= 15 is 0 Å². The summed E-state index contributed by atoms with van der Waals surface area (Å²) in [6, 6.07) is 18.2. The molecular weight excluding hydrogens is 424 g/mol. The number of hydrogen-bond acceptors (Lipinski definition) is 4. The number of carbonyl (C=O) groups is 1. The van der Waals surface area contributed by atoms with Crippen LogP contribution in [0.5, 0.6) is 0 Å². The molecule has 3 aromatic rings. The Morgan fingerprint density at radius 2 is 1.59 bits per heavy atom. The molecule has 0 spiro atoms. The monoisotopic (exact) mass is 452 g/mol. The van der Waals surface area contributed by atoms with Crippen LogP contribution in [0.2, 0.25) is 0 Å². The molecule has 4 rings (SSSR count). The van der Waals surface area contributed by atoms with Crippen molar-refractivity contribution in [3.8, 4) is 5.69 Å². The fourth-order valence-corrected chi connectivity index (χ4v) is 5.55. The van der Waals surface area contributed by atoms with E-state index in [9.17, 15) is 13.2 Å². The van der Waals surface area contributed by atoms with Crippen LogP contribution in [0.25, 0.3) is 5.69 Å². The number of nitrogens with zero attached hydrogens (tertiary/aromatic N) is 3. The van der Waals surface area contributed by atoms with Gasteiger partial charge in [-0.1, -0.05) is 24.3 Å². The molecule has 0 unspecified atom stereocenters. The Labute approximate surface area is 189 Å². The fraction of sp³-hybridized carbons (Fsp3) is 0.292. The van der Waals surface area contributed by atoms with Gasteiger partial charge in [0.1, 0.15) is 0 Å². The number of sulfonamides is 1. The van der Waals surface area contributed by atoms with E-state index in [0.717, 1.165) is 17.1 Å². The number of rotatable bonds is 5. The molecule has 7 nitrogen and oxygen atoms in total. The summed E-state index contributed by atoms with van der Waals surface area (Å²) in [7, 11) is -1.62. The minimum Gasteiger partial charge on any atom is -0.322 e. The maximum Gasteiger partial charge on any atom is 0.257 e. The first-order valence-electron chi connectivity index (χ1n) is 10.6. The van der Waals surface area contributed by atoms with Crippen LogP contribution in [0, 0.1) is 13.8 Å². The second-order valence-electron chi connectivity index (χ2n) is 8.15. The molecular formula is C24H28N4O3S. The highest BCUT2D eigenvalue weighted by Gasteiger charge is 2.27. The van der Waals surface area contributed by atoms with Crippen molar-refractivity contribution in [2.75, 3.05) is 38.5 Å². The Kier molecular flexibility index (Phi) is 6.19. The zero-order valence-electron chi connectivity index (χ0n) is 18.6. The van der Waals surface area contributed by atoms with Crippen molar-refractivity contribution < 1.29 is 13.2 Å². The summed E-state index contributed by atoms with van der Waals surface area (Å²) in [6.45, 7) is 6.18. The molecule has 168 valence electrons. The first-order chi connectivity index (χ1) is 15.3. The smallest absolute Gasteiger partial charge is 0.257 e. The van der Waals surface area contributed by atoms with Crippen molar-refractivity contribution in [1.29, 1.82) is 0 Å². The van der Waals surface area contributed by atoms with Gasteiger partial charge in [0, 0.05) is 48.9 Å². The van der Waals surface area contributed by atoms with Crippen LogP contribution < -0.4 is 5.32 Å². The van der Waals surface area contributed by atoms with Crippen molar-refractivity contribution in [3.63, 3.8) is 0 Å². The molecule has 0 bridgehead atoms. The second-order valence-corrected chi connectivity index (χ2v) is 10.1. The maximum absolute atomic E-state index is 13.1. The van der Waals surface area contributed by atoms with Gasteiger partial charge in [-0.05, 0) is 57.3 Å². The average molecular weight is 453 g/mol. The molecule has 8 heteroatoms. The molecule has 1 aliphatic heterocycles. The normalized spacial score (nSPS) is 15.6. The molecule has 1 aliphatic rings. The Hall–Kier alpha value is -2.94. The van der Waals surface area contributed by atoms with Crippen LogP contribution >= 0.6 is 0 Å². The topological polar surface area (TPSA) is 74.7 Å². The van der Waals surface area contributed by atoms with Crippen LogP contribution in [0.15, 0.2) is 65.6 Å². The summed E-state index contributed by atoms with van der Waals surface area (Å²) >= 11 is 0. The number of piperazine rings is 1. The lowest BCUT2D eigenvalue weighted by Crippen LogP contribution is -2.47. The van der Waals surface area contributed by atoms with Gasteiger partial charge in [0.2, 0.25) is 10.0 Å². The molecule has 1 aromatic heterocycles. The lowest BCUT2D eigenvalue weighted by molar-refractivity contribution is 0.102. The molecule has 1 saturated heterocycles. The van der Waals surface area contributed by atoms with Gasteiger partial charge in [-0.2, -0.15) is 4.31 Å². The SMILES string of the molecule is Cc1cc(C(=O)Nc2cccc(S(=O)(=O)N3CCN(C)CC3)c2)c(C)n1-c1ccccc1. The maximum atomic E-state index is 13.1. The number of likely N-dealkylation sites (N-methyl/N-ethyl adjacent to an activating group) is 1. The first-order valence-corrected chi connectivity index (χ1v) is 12.1. The van der Waals surface area contributed by atoms with E-state index in [2.05, 4.69) is 10.2 Å². The van der Waals surface area contributed by atoms with Crippen LogP contribution in [-0.4, -0.2) is 61.3 Å². The van der Waals surface area contributed by atoms with Gasteiger partial charge in [-0.3, -0.25) is 4.79 Å². The van der Waals surface area contributed by atoms with E-state index in [1.165, 1.54) is 10.4 Å². The van der Waals surface area contributed by atoms with E-state index in [1.807, 2.05) is 61.9 Å². The molecule has 0 radical (unpaired) electrons. The predicted molar refractivity (Wildman–Crippen MR) is 126 cm³/mol. The van der Waals surface area contributed by atoms with E-state index < -0.39 is 10.0 Å². The van der Waals surface area contributed by atoms with Crippen LogP contribution in [0.4, 0.5) is 5.69 Å². The minimum absolute atomic E-state index is 0.189. The van der Waals surface area contributed by atoms with Crippen molar-refractivity contribution >= 4 is 21.6 Å². The third-order valence-corrected chi connectivity index (χ3v) is 7.78. The number of anilines is 1. The van der Waals surface area contributed by atoms with Gasteiger partial charge in [0.05, 0.1) is 10.5 Å². The zero-order chi connectivity index (χ0) is 22.9. The summed E-state index contributed by atoms with van der Waals surface area (Å²) < 4.78 is 29.6.